The number of amides is 2. The van der Waals surface area contributed by atoms with Gasteiger partial charge in [0.25, 0.3) is 5.91 Å². The molecule has 0 radical (unpaired) electrons. The van der Waals surface area contributed by atoms with Gasteiger partial charge < -0.3 is 10.6 Å². The van der Waals surface area contributed by atoms with Crippen molar-refractivity contribution in [3.8, 4) is 0 Å². The average Bonchev–Trinajstić information content (AvgIpc) is 2.67. The fraction of sp³-hybridized carbons (Fsp3) is 0.417. The second-order valence-corrected chi connectivity index (χ2v) is 9.83. The number of rotatable bonds is 5. The molecule has 1 aliphatic heterocycles. The van der Waals surface area contributed by atoms with Crippen molar-refractivity contribution in [3.05, 3.63) is 64.1 Å². The highest BCUT2D eigenvalue weighted by molar-refractivity contribution is 9.10. The summed E-state index contributed by atoms with van der Waals surface area (Å²) in [6.07, 6.45) is 1.63. The van der Waals surface area contributed by atoms with E-state index >= 15 is 0 Å². The summed E-state index contributed by atoms with van der Waals surface area (Å²) in [4.78, 5) is 27.9. The van der Waals surface area contributed by atoms with E-state index in [-0.39, 0.29) is 23.3 Å². The molecule has 1 fully saturated rings. The third kappa shape index (κ3) is 6.41. The van der Waals surface area contributed by atoms with Gasteiger partial charge in [-0.25, -0.2) is 0 Å². The van der Waals surface area contributed by atoms with Crippen molar-refractivity contribution in [1.29, 1.82) is 0 Å². The maximum atomic E-state index is 12.9. The van der Waals surface area contributed by atoms with E-state index in [4.69, 9.17) is 0 Å². The van der Waals surface area contributed by atoms with Crippen LogP contribution in [-0.2, 0) is 11.3 Å². The molecule has 30 heavy (non-hydrogen) atoms. The first kappa shape index (κ1) is 22.5. The summed E-state index contributed by atoms with van der Waals surface area (Å²) in [6.45, 7) is 8.48. The van der Waals surface area contributed by atoms with E-state index in [1.165, 1.54) is 5.56 Å². The van der Waals surface area contributed by atoms with Crippen LogP contribution in [0, 0.1) is 5.92 Å². The Bertz CT molecular complexity index is 899. The molecule has 6 heteroatoms. The van der Waals surface area contributed by atoms with E-state index in [9.17, 15) is 9.59 Å². The van der Waals surface area contributed by atoms with Crippen molar-refractivity contribution < 1.29 is 9.59 Å². The normalized spacial score (nSPS) is 15.6. The molecule has 5 nitrogen and oxygen atoms in total. The lowest BCUT2D eigenvalue weighted by molar-refractivity contribution is -0.121. The van der Waals surface area contributed by atoms with Gasteiger partial charge in [0.15, 0.2) is 0 Å². The number of likely N-dealkylation sites (tertiary alicyclic amines) is 1. The quantitative estimate of drug-likeness (QED) is 0.656. The second-order valence-electron chi connectivity index (χ2n) is 8.92. The lowest BCUT2D eigenvalue weighted by atomic mass is 9.95. The zero-order chi connectivity index (χ0) is 21.7. The Labute approximate surface area is 187 Å². The number of hydrogen-bond donors (Lipinski definition) is 2. The lowest BCUT2D eigenvalue weighted by Gasteiger charge is -2.31. The van der Waals surface area contributed by atoms with Crippen molar-refractivity contribution in [3.63, 3.8) is 0 Å². The van der Waals surface area contributed by atoms with E-state index in [0.717, 1.165) is 36.9 Å². The van der Waals surface area contributed by atoms with Crippen LogP contribution in [0.1, 0.15) is 49.5 Å². The van der Waals surface area contributed by atoms with Gasteiger partial charge >= 0.3 is 0 Å². The minimum Gasteiger partial charge on any atom is -0.347 e. The standard InChI is InChI=1S/C24H30BrN3O2/c1-24(2,3)27-23(30)20-9-4-5-10-21(20)26-22(29)18-11-13-28(14-12-18)16-17-7-6-8-19(25)15-17/h4-10,15,18H,11-14,16H2,1-3H3,(H,26,29)(H,27,30). The predicted molar refractivity (Wildman–Crippen MR) is 124 cm³/mol. The average molecular weight is 472 g/mol. The molecule has 160 valence electrons. The summed E-state index contributed by atoms with van der Waals surface area (Å²) < 4.78 is 1.09. The van der Waals surface area contributed by atoms with Crippen molar-refractivity contribution in [2.75, 3.05) is 18.4 Å². The molecule has 0 saturated carbocycles. The zero-order valence-electron chi connectivity index (χ0n) is 17.9. The summed E-state index contributed by atoms with van der Waals surface area (Å²) in [5, 5.41) is 5.96. The molecule has 0 aliphatic carbocycles. The highest BCUT2D eigenvalue weighted by Gasteiger charge is 2.26. The molecule has 2 aromatic carbocycles. The third-order valence-corrected chi connectivity index (χ3v) is 5.66. The molecule has 0 aromatic heterocycles. The van der Waals surface area contributed by atoms with Gasteiger partial charge in [0.2, 0.25) is 5.91 Å². The molecular formula is C24H30BrN3O2. The molecular weight excluding hydrogens is 442 g/mol. The maximum Gasteiger partial charge on any atom is 0.253 e. The van der Waals surface area contributed by atoms with Crippen molar-refractivity contribution in [2.45, 2.75) is 45.7 Å². The van der Waals surface area contributed by atoms with Gasteiger partial charge in [0.1, 0.15) is 0 Å². The summed E-state index contributed by atoms with van der Waals surface area (Å²) in [5.41, 5.74) is 2.00. The lowest BCUT2D eigenvalue weighted by Crippen LogP contribution is -2.41. The number of piperidine rings is 1. The number of nitrogens with zero attached hydrogens (tertiary/aromatic N) is 1. The van der Waals surface area contributed by atoms with Crippen LogP contribution in [0.3, 0.4) is 0 Å². The third-order valence-electron chi connectivity index (χ3n) is 5.17. The van der Waals surface area contributed by atoms with Crippen LogP contribution in [0.4, 0.5) is 5.69 Å². The number of benzene rings is 2. The molecule has 0 atom stereocenters. The van der Waals surface area contributed by atoms with Gasteiger partial charge in [-0.15, -0.1) is 0 Å². The SMILES string of the molecule is CC(C)(C)NC(=O)c1ccccc1NC(=O)C1CCN(Cc2cccc(Br)c2)CC1. The first-order chi connectivity index (χ1) is 14.2. The van der Waals surface area contributed by atoms with E-state index in [2.05, 4.69) is 43.6 Å². The van der Waals surface area contributed by atoms with Gasteiger partial charge in [-0.2, -0.15) is 0 Å². The van der Waals surface area contributed by atoms with E-state index < -0.39 is 0 Å². The number of nitrogens with one attached hydrogen (secondary N) is 2. The molecule has 1 heterocycles. The Morgan fingerprint density at radius 3 is 2.43 bits per heavy atom. The number of anilines is 1. The van der Waals surface area contributed by atoms with Gasteiger partial charge in [-0.1, -0.05) is 40.2 Å². The van der Waals surface area contributed by atoms with Crippen molar-refractivity contribution >= 4 is 33.4 Å². The first-order valence-corrected chi connectivity index (χ1v) is 11.2. The molecule has 2 amide bonds. The summed E-state index contributed by atoms with van der Waals surface area (Å²) in [5.74, 6) is -0.224. The summed E-state index contributed by atoms with van der Waals surface area (Å²) in [6, 6.07) is 15.5. The highest BCUT2D eigenvalue weighted by Crippen LogP contribution is 2.23. The zero-order valence-corrected chi connectivity index (χ0v) is 19.5. The predicted octanol–water partition coefficient (Wildman–Crippen LogP) is 4.83. The minimum absolute atomic E-state index is 0.00638. The van der Waals surface area contributed by atoms with Crippen LogP contribution in [-0.4, -0.2) is 35.3 Å². The van der Waals surface area contributed by atoms with Gasteiger partial charge in [-0.3, -0.25) is 14.5 Å². The van der Waals surface area contributed by atoms with Crippen LogP contribution in [0.2, 0.25) is 0 Å². The minimum atomic E-state index is -0.338. The van der Waals surface area contributed by atoms with Gasteiger partial charge in [0, 0.05) is 22.5 Å². The summed E-state index contributed by atoms with van der Waals surface area (Å²) >= 11 is 3.52. The molecule has 1 saturated heterocycles. The Hall–Kier alpha value is -2.18. The van der Waals surface area contributed by atoms with Crippen LogP contribution < -0.4 is 10.6 Å². The van der Waals surface area contributed by atoms with Crippen LogP contribution in [0.25, 0.3) is 0 Å². The number of para-hydroxylation sites is 1. The largest absolute Gasteiger partial charge is 0.347 e. The molecule has 2 aromatic rings. The molecule has 0 spiro atoms. The number of carbonyl (C=O) groups is 2. The van der Waals surface area contributed by atoms with Crippen LogP contribution >= 0.6 is 15.9 Å². The number of carbonyl (C=O) groups excluding carboxylic acids is 2. The fourth-order valence-corrected chi connectivity index (χ4v) is 4.13. The van der Waals surface area contributed by atoms with Crippen LogP contribution in [0.15, 0.2) is 53.0 Å². The van der Waals surface area contributed by atoms with E-state index in [0.29, 0.717) is 11.3 Å². The first-order valence-electron chi connectivity index (χ1n) is 10.4. The fourth-order valence-electron chi connectivity index (χ4n) is 3.68. The summed E-state index contributed by atoms with van der Waals surface area (Å²) in [7, 11) is 0. The highest BCUT2D eigenvalue weighted by atomic mass is 79.9. The molecule has 0 bridgehead atoms. The van der Waals surface area contributed by atoms with Gasteiger partial charge in [0.05, 0.1) is 11.3 Å². The number of halogens is 1. The molecule has 2 N–H and O–H groups in total. The second kappa shape index (κ2) is 9.75. The molecule has 1 aliphatic rings. The monoisotopic (exact) mass is 471 g/mol. The van der Waals surface area contributed by atoms with E-state index in [1.807, 2.05) is 45.0 Å². The Balaban J connectivity index is 1.57. The Morgan fingerprint density at radius 2 is 1.77 bits per heavy atom. The maximum absolute atomic E-state index is 12.9. The number of hydrogen-bond acceptors (Lipinski definition) is 3. The topological polar surface area (TPSA) is 61.4 Å². The molecule has 0 unspecified atom stereocenters. The van der Waals surface area contributed by atoms with Gasteiger partial charge in [-0.05, 0) is 76.5 Å². The van der Waals surface area contributed by atoms with Crippen LogP contribution in [0.5, 0.6) is 0 Å². The Morgan fingerprint density at radius 1 is 1.07 bits per heavy atom. The van der Waals surface area contributed by atoms with Crippen molar-refractivity contribution in [2.24, 2.45) is 5.92 Å². The van der Waals surface area contributed by atoms with Crippen molar-refractivity contribution in [1.82, 2.24) is 10.2 Å². The van der Waals surface area contributed by atoms with E-state index in [1.54, 1.807) is 12.1 Å². The molecule has 3 rings (SSSR count). The Kier molecular flexibility index (Phi) is 7.32. The smallest absolute Gasteiger partial charge is 0.253 e.